The Morgan fingerprint density at radius 1 is 0.905 bits per heavy atom. The van der Waals surface area contributed by atoms with E-state index in [9.17, 15) is 0 Å². The quantitative estimate of drug-likeness (QED) is 0.787. The molecule has 0 aliphatic rings. The van der Waals surface area contributed by atoms with Gasteiger partial charge in [-0.3, -0.25) is 0 Å². The summed E-state index contributed by atoms with van der Waals surface area (Å²) in [7, 11) is 2.01. The molecule has 2 aromatic rings. The van der Waals surface area contributed by atoms with Crippen LogP contribution in [0.15, 0.2) is 48.5 Å². The molecule has 112 valence electrons. The second-order valence-corrected chi connectivity index (χ2v) is 5.24. The smallest absolute Gasteiger partial charge is 0.119 e. The van der Waals surface area contributed by atoms with Gasteiger partial charge in [0.05, 0.1) is 6.61 Å². The highest BCUT2D eigenvalue weighted by Gasteiger charge is 2.06. The van der Waals surface area contributed by atoms with Gasteiger partial charge in [-0.2, -0.15) is 0 Å². The van der Waals surface area contributed by atoms with Crippen LogP contribution < -0.4 is 10.1 Å². The Balaban J connectivity index is 2.11. The van der Waals surface area contributed by atoms with Crippen molar-refractivity contribution in [2.75, 3.05) is 13.7 Å². The average Bonchev–Trinajstić information content (AvgIpc) is 2.55. The minimum Gasteiger partial charge on any atom is -0.494 e. The molecule has 0 radical (unpaired) electrons. The minimum absolute atomic E-state index is 0.434. The van der Waals surface area contributed by atoms with E-state index in [0.717, 1.165) is 25.2 Å². The lowest BCUT2D eigenvalue weighted by atomic mass is 9.99. The molecule has 0 aromatic heterocycles. The van der Waals surface area contributed by atoms with E-state index in [1.54, 1.807) is 0 Å². The molecular formula is C19H25NO. The second-order valence-electron chi connectivity index (χ2n) is 5.24. The van der Waals surface area contributed by atoms with Gasteiger partial charge in [-0.05, 0) is 48.7 Å². The summed E-state index contributed by atoms with van der Waals surface area (Å²) in [6.45, 7) is 5.09. The molecule has 2 rings (SSSR count). The highest BCUT2D eigenvalue weighted by Crippen LogP contribution is 2.25. The number of hydrogen-bond acceptors (Lipinski definition) is 2. The van der Waals surface area contributed by atoms with Crippen molar-refractivity contribution in [3.63, 3.8) is 0 Å². The zero-order valence-corrected chi connectivity index (χ0v) is 13.2. The maximum absolute atomic E-state index is 5.62. The van der Waals surface area contributed by atoms with Gasteiger partial charge in [0, 0.05) is 6.04 Å². The molecule has 21 heavy (non-hydrogen) atoms. The molecule has 0 aliphatic carbocycles. The SMILES string of the molecule is CCCOc1ccc(-c2ccc(C(CC)NC)cc2)cc1. The molecule has 0 amide bonds. The number of nitrogens with one attached hydrogen (secondary N) is 1. The fraction of sp³-hybridized carbons (Fsp3) is 0.368. The lowest BCUT2D eigenvalue weighted by Crippen LogP contribution is -2.14. The van der Waals surface area contributed by atoms with E-state index in [-0.39, 0.29) is 0 Å². The van der Waals surface area contributed by atoms with Crippen molar-refractivity contribution in [2.24, 2.45) is 0 Å². The van der Waals surface area contributed by atoms with E-state index in [2.05, 4.69) is 55.6 Å². The van der Waals surface area contributed by atoms with Crippen molar-refractivity contribution < 1.29 is 4.74 Å². The molecule has 0 heterocycles. The summed E-state index contributed by atoms with van der Waals surface area (Å²) in [4.78, 5) is 0. The Morgan fingerprint density at radius 2 is 1.48 bits per heavy atom. The van der Waals surface area contributed by atoms with Crippen molar-refractivity contribution in [3.8, 4) is 16.9 Å². The van der Waals surface area contributed by atoms with Gasteiger partial charge in [0.1, 0.15) is 5.75 Å². The fourth-order valence-corrected chi connectivity index (χ4v) is 2.48. The molecule has 1 unspecified atom stereocenters. The maximum atomic E-state index is 5.62. The Morgan fingerprint density at radius 3 is 1.95 bits per heavy atom. The molecule has 0 fully saturated rings. The van der Waals surface area contributed by atoms with Gasteiger partial charge in [-0.25, -0.2) is 0 Å². The van der Waals surface area contributed by atoms with Gasteiger partial charge in [0.2, 0.25) is 0 Å². The van der Waals surface area contributed by atoms with Crippen LogP contribution in [0.1, 0.15) is 38.3 Å². The van der Waals surface area contributed by atoms with Crippen LogP contribution in [0.4, 0.5) is 0 Å². The van der Waals surface area contributed by atoms with Crippen LogP contribution >= 0.6 is 0 Å². The molecule has 2 nitrogen and oxygen atoms in total. The summed E-state index contributed by atoms with van der Waals surface area (Å²) < 4.78 is 5.62. The molecule has 1 atom stereocenters. The summed E-state index contributed by atoms with van der Waals surface area (Å²) in [6.07, 6.45) is 2.13. The molecule has 0 saturated carbocycles. The minimum atomic E-state index is 0.434. The monoisotopic (exact) mass is 283 g/mol. The van der Waals surface area contributed by atoms with E-state index >= 15 is 0 Å². The van der Waals surface area contributed by atoms with Crippen LogP contribution in [-0.4, -0.2) is 13.7 Å². The average molecular weight is 283 g/mol. The van der Waals surface area contributed by atoms with E-state index in [0.29, 0.717) is 6.04 Å². The highest BCUT2D eigenvalue weighted by molar-refractivity contribution is 5.64. The number of hydrogen-bond donors (Lipinski definition) is 1. The van der Waals surface area contributed by atoms with Crippen molar-refractivity contribution in [3.05, 3.63) is 54.1 Å². The summed E-state index contributed by atoms with van der Waals surface area (Å²) in [5, 5.41) is 3.34. The maximum Gasteiger partial charge on any atom is 0.119 e. The van der Waals surface area contributed by atoms with Crippen molar-refractivity contribution in [1.29, 1.82) is 0 Å². The predicted octanol–water partition coefficient (Wildman–Crippen LogP) is 4.81. The van der Waals surface area contributed by atoms with Gasteiger partial charge < -0.3 is 10.1 Å². The van der Waals surface area contributed by atoms with Gasteiger partial charge in [-0.1, -0.05) is 50.2 Å². The summed E-state index contributed by atoms with van der Waals surface area (Å²) in [5.41, 5.74) is 3.81. The molecule has 1 N–H and O–H groups in total. The Bertz CT molecular complexity index is 526. The first-order valence-corrected chi connectivity index (χ1v) is 7.79. The topological polar surface area (TPSA) is 21.3 Å². The van der Waals surface area contributed by atoms with Crippen molar-refractivity contribution in [2.45, 2.75) is 32.7 Å². The zero-order valence-electron chi connectivity index (χ0n) is 13.2. The van der Waals surface area contributed by atoms with E-state index in [1.807, 2.05) is 19.2 Å². The molecule has 0 bridgehead atoms. The van der Waals surface area contributed by atoms with E-state index in [4.69, 9.17) is 4.74 Å². The summed E-state index contributed by atoms with van der Waals surface area (Å²) >= 11 is 0. The first kappa shape index (κ1) is 15.6. The normalized spacial score (nSPS) is 12.1. The molecule has 0 spiro atoms. The van der Waals surface area contributed by atoms with Crippen molar-refractivity contribution in [1.82, 2.24) is 5.32 Å². The van der Waals surface area contributed by atoms with Gasteiger partial charge >= 0.3 is 0 Å². The molecule has 2 heteroatoms. The Kier molecular flexibility index (Phi) is 5.82. The fourth-order valence-electron chi connectivity index (χ4n) is 2.48. The highest BCUT2D eigenvalue weighted by atomic mass is 16.5. The number of benzene rings is 2. The molecular weight excluding hydrogens is 258 g/mol. The third kappa shape index (κ3) is 4.08. The van der Waals surface area contributed by atoms with Crippen LogP contribution in [0.2, 0.25) is 0 Å². The lowest BCUT2D eigenvalue weighted by molar-refractivity contribution is 0.317. The largest absolute Gasteiger partial charge is 0.494 e. The molecule has 0 aliphatic heterocycles. The van der Waals surface area contributed by atoms with Gasteiger partial charge in [0.25, 0.3) is 0 Å². The van der Waals surface area contributed by atoms with Crippen LogP contribution in [0.3, 0.4) is 0 Å². The second kappa shape index (κ2) is 7.84. The van der Waals surface area contributed by atoms with Crippen molar-refractivity contribution >= 4 is 0 Å². The van der Waals surface area contributed by atoms with Crippen LogP contribution in [0, 0.1) is 0 Å². The predicted molar refractivity (Wildman–Crippen MR) is 89.8 cm³/mol. The first-order valence-electron chi connectivity index (χ1n) is 7.79. The lowest BCUT2D eigenvalue weighted by Gasteiger charge is -2.14. The number of ether oxygens (including phenoxy) is 1. The third-order valence-corrected chi connectivity index (χ3v) is 3.73. The molecule has 0 saturated heterocycles. The standard InChI is InChI=1S/C19H25NO/c1-4-14-21-18-12-10-16(11-13-18)15-6-8-17(9-7-15)19(5-2)20-3/h6-13,19-20H,4-5,14H2,1-3H3. The summed E-state index contributed by atoms with van der Waals surface area (Å²) in [6, 6.07) is 17.6. The Hall–Kier alpha value is -1.80. The van der Waals surface area contributed by atoms with E-state index in [1.165, 1.54) is 16.7 Å². The zero-order chi connectivity index (χ0) is 15.1. The Labute approximate surface area is 128 Å². The van der Waals surface area contributed by atoms with Crippen LogP contribution in [0.5, 0.6) is 5.75 Å². The molecule has 2 aromatic carbocycles. The first-order chi connectivity index (χ1) is 10.3. The van der Waals surface area contributed by atoms with Crippen LogP contribution in [0.25, 0.3) is 11.1 Å². The third-order valence-electron chi connectivity index (χ3n) is 3.73. The summed E-state index contributed by atoms with van der Waals surface area (Å²) in [5.74, 6) is 0.943. The van der Waals surface area contributed by atoms with Crippen LogP contribution in [-0.2, 0) is 0 Å². The van der Waals surface area contributed by atoms with E-state index < -0.39 is 0 Å². The van der Waals surface area contributed by atoms with Gasteiger partial charge in [-0.15, -0.1) is 0 Å². The van der Waals surface area contributed by atoms with Gasteiger partial charge in [0.15, 0.2) is 0 Å². The number of rotatable bonds is 7.